The minimum absolute atomic E-state index is 0.537. The summed E-state index contributed by atoms with van der Waals surface area (Å²) in [7, 11) is 1.55. The Balaban J connectivity index is 2.66. The fourth-order valence-electron chi connectivity index (χ4n) is 1.36. The van der Waals surface area contributed by atoms with Crippen molar-refractivity contribution in [3.8, 4) is 5.69 Å². The second-order valence-electron chi connectivity index (χ2n) is 3.37. The van der Waals surface area contributed by atoms with Crippen molar-refractivity contribution < 1.29 is 0 Å². The maximum absolute atomic E-state index is 11.7. The molecule has 82 valence electrons. The largest absolute Gasteiger partial charge is 0.320 e. The number of halogens is 1. The van der Waals surface area contributed by atoms with Gasteiger partial charge in [-0.2, -0.15) is 0 Å². The molecule has 1 aromatic heterocycles. The van der Waals surface area contributed by atoms with Gasteiger partial charge in [0.05, 0.1) is 0 Å². The first kappa shape index (κ1) is 10.9. The molecule has 1 heterocycles. The van der Waals surface area contributed by atoms with Crippen LogP contribution in [-0.2, 0) is 7.05 Å². The SMILES string of the molecule is Cn1ccn(-c2ccc(Br)cc2)c(=O)c1=O. The molecule has 0 saturated carbocycles. The molecule has 0 radical (unpaired) electrons. The molecule has 0 aliphatic heterocycles. The summed E-state index contributed by atoms with van der Waals surface area (Å²) in [5.41, 5.74) is -0.413. The average Bonchev–Trinajstić information content (AvgIpc) is 2.28. The summed E-state index contributed by atoms with van der Waals surface area (Å²) >= 11 is 3.31. The number of hydrogen-bond donors (Lipinski definition) is 0. The third-order valence-corrected chi connectivity index (χ3v) is 2.79. The quantitative estimate of drug-likeness (QED) is 0.739. The number of aryl methyl sites for hydroxylation is 1. The lowest BCUT2D eigenvalue weighted by Crippen LogP contribution is -2.38. The van der Waals surface area contributed by atoms with Crippen molar-refractivity contribution in [2.75, 3.05) is 0 Å². The highest BCUT2D eigenvalue weighted by Crippen LogP contribution is 2.12. The molecule has 0 bridgehead atoms. The maximum Gasteiger partial charge on any atom is 0.320 e. The topological polar surface area (TPSA) is 44.0 Å². The molecule has 0 unspecified atom stereocenters. The van der Waals surface area contributed by atoms with E-state index >= 15 is 0 Å². The van der Waals surface area contributed by atoms with Crippen LogP contribution in [0.25, 0.3) is 5.69 Å². The van der Waals surface area contributed by atoms with Crippen LogP contribution in [0.5, 0.6) is 0 Å². The molecular weight excluding hydrogens is 272 g/mol. The van der Waals surface area contributed by atoms with E-state index in [1.54, 1.807) is 31.6 Å². The van der Waals surface area contributed by atoms with E-state index in [1.807, 2.05) is 12.1 Å². The average molecular weight is 281 g/mol. The Bertz CT molecular complexity index is 626. The molecule has 0 spiro atoms. The van der Waals surface area contributed by atoms with Gasteiger partial charge >= 0.3 is 11.1 Å². The van der Waals surface area contributed by atoms with Gasteiger partial charge in [-0.1, -0.05) is 15.9 Å². The van der Waals surface area contributed by atoms with Crippen LogP contribution >= 0.6 is 15.9 Å². The number of rotatable bonds is 1. The Morgan fingerprint density at radius 1 is 1.00 bits per heavy atom. The van der Waals surface area contributed by atoms with Crippen LogP contribution in [0, 0.1) is 0 Å². The molecule has 0 aliphatic carbocycles. The Hall–Kier alpha value is -1.62. The van der Waals surface area contributed by atoms with E-state index in [9.17, 15) is 9.59 Å². The van der Waals surface area contributed by atoms with Gasteiger partial charge in [0.2, 0.25) is 0 Å². The van der Waals surface area contributed by atoms with Crippen molar-refractivity contribution >= 4 is 15.9 Å². The molecule has 16 heavy (non-hydrogen) atoms. The lowest BCUT2D eigenvalue weighted by Gasteiger charge is -2.05. The molecule has 2 rings (SSSR count). The van der Waals surface area contributed by atoms with Gasteiger partial charge in [-0.3, -0.25) is 14.2 Å². The van der Waals surface area contributed by atoms with Gasteiger partial charge in [-0.05, 0) is 24.3 Å². The van der Waals surface area contributed by atoms with Crippen LogP contribution in [-0.4, -0.2) is 9.13 Å². The van der Waals surface area contributed by atoms with Crippen LogP contribution in [0.4, 0.5) is 0 Å². The lowest BCUT2D eigenvalue weighted by atomic mass is 10.3. The predicted molar refractivity (Wildman–Crippen MR) is 65.0 cm³/mol. The normalized spacial score (nSPS) is 10.4. The molecule has 1 aromatic carbocycles. The molecular formula is C11H9BrN2O2. The van der Waals surface area contributed by atoms with Gasteiger partial charge in [0.25, 0.3) is 0 Å². The first-order valence-electron chi connectivity index (χ1n) is 4.64. The van der Waals surface area contributed by atoms with Crippen molar-refractivity contribution in [2.24, 2.45) is 7.05 Å². The summed E-state index contributed by atoms with van der Waals surface area (Å²) in [5, 5.41) is 0. The van der Waals surface area contributed by atoms with E-state index in [2.05, 4.69) is 15.9 Å². The fraction of sp³-hybridized carbons (Fsp3) is 0.0909. The highest BCUT2D eigenvalue weighted by molar-refractivity contribution is 9.10. The summed E-state index contributed by atoms with van der Waals surface area (Å²) in [6.45, 7) is 0. The van der Waals surface area contributed by atoms with Gasteiger partial charge in [0, 0.05) is 29.6 Å². The van der Waals surface area contributed by atoms with Gasteiger partial charge in [0.1, 0.15) is 0 Å². The molecule has 0 amide bonds. The third-order valence-electron chi connectivity index (χ3n) is 2.27. The van der Waals surface area contributed by atoms with E-state index in [-0.39, 0.29) is 0 Å². The highest BCUT2D eigenvalue weighted by atomic mass is 79.9. The first-order valence-corrected chi connectivity index (χ1v) is 5.43. The summed E-state index contributed by atoms with van der Waals surface area (Å²) < 4.78 is 3.51. The van der Waals surface area contributed by atoms with Gasteiger partial charge in [-0.15, -0.1) is 0 Å². The molecule has 0 fully saturated rings. The van der Waals surface area contributed by atoms with Crippen LogP contribution in [0.1, 0.15) is 0 Å². The smallest absolute Gasteiger partial charge is 0.312 e. The van der Waals surface area contributed by atoms with E-state index in [0.717, 1.165) is 4.47 Å². The van der Waals surface area contributed by atoms with Crippen molar-refractivity contribution in [3.05, 3.63) is 61.8 Å². The molecule has 5 heteroatoms. The van der Waals surface area contributed by atoms with Gasteiger partial charge in [0.15, 0.2) is 0 Å². The summed E-state index contributed by atoms with van der Waals surface area (Å²) in [4.78, 5) is 23.1. The number of nitrogens with zero attached hydrogens (tertiary/aromatic N) is 2. The van der Waals surface area contributed by atoms with Crippen LogP contribution < -0.4 is 11.1 Å². The second-order valence-corrected chi connectivity index (χ2v) is 4.28. The van der Waals surface area contributed by atoms with Crippen LogP contribution in [0.3, 0.4) is 0 Å². The standard InChI is InChI=1S/C11H9BrN2O2/c1-13-6-7-14(11(16)10(13)15)9-4-2-8(12)3-5-9/h2-7H,1H3. The molecule has 2 aromatic rings. The Labute approximate surface area is 99.9 Å². The third kappa shape index (κ3) is 1.86. The maximum atomic E-state index is 11.7. The molecule has 0 aliphatic rings. The van der Waals surface area contributed by atoms with E-state index in [4.69, 9.17) is 0 Å². The van der Waals surface area contributed by atoms with Crippen molar-refractivity contribution in [1.29, 1.82) is 0 Å². The van der Waals surface area contributed by atoms with Crippen LogP contribution in [0.2, 0.25) is 0 Å². The van der Waals surface area contributed by atoms with Crippen molar-refractivity contribution in [1.82, 2.24) is 9.13 Å². The summed E-state index contributed by atoms with van der Waals surface area (Å²) in [6.07, 6.45) is 3.14. The number of hydrogen-bond acceptors (Lipinski definition) is 2. The van der Waals surface area contributed by atoms with Crippen LogP contribution in [0.15, 0.2) is 50.7 Å². The summed E-state index contributed by atoms with van der Waals surface area (Å²) in [5.74, 6) is 0. The van der Waals surface area contributed by atoms with Crippen molar-refractivity contribution in [3.63, 3.8) is 0 Å². The lowest BCUT2D eigenvalue weighted by molar-refractivity contribution is 0.787. The molecule has 0 saturated heterocycles. The first-order chi connectivity index (χ1) is 7.59. The summed E-state index contributed by atoms with van der Waals surface area (Å²) in [6, 6.07) is 7.17. The van der Waals surface area contributed by atoms with E-state index in [1.165, 1.54) is 9.13 Å². The Kier molecular flexibility index (Phi) is 2.78. The highest BCUT2D eigenvalue weighted by Gasteiger charge is 2.03. The minimum atomic E-state index is -0.549. The molecule has 0 N–H and O–H groups in total. The molecule has 0 atom stereocenters. The zero-order valence-electron chi connectivity index (χ0n) is 8.55. The van der Waals surface area contributed by atoms with Crippen molar-refractivity contribution in [2.45, 2.75) is 0 Å². The van der Waals surface area contributed by atoms with E-state index < -0.39 is 11.1 Å². The zero-order valence-corrected chi connectivity index (χ0v) is 10.1. The Morgan fingerprint density at radius 2 is 1.62 bits per heavy atom. The predicted octanol–water partition coefficient (Wildman–Crippen LogP) is 1.30. The Morgan fingerprint density at radius 3 is 2.25 bits per heavy atom. The zero-order chi connectivity index (χ0) is 11.7. The second kappa shape index (κ2) is 4.09. The fourth-order valence-corrected chi connectivity index (χ4v) is 1.63. The monoisotopic (exact) mass is 280 g/mol. The van der Waals surface area contributed by atoms with Gasteiger partial charge in [-0.25, -0.2) is 0 Å². The number of benzene rings is 1. The number of aromatic nitrogens is 2. The van der Waals surface area contributed by atoms with Gasteiger partial charge < -0.3 is 4.57 Å². The minimum Gasteiger partial charge on any atom is -0.312 e. The molecule has 4 nitrogen and oxygen atoms in total. The van der Waals surface area contributed by atoms with E-state index in [0.29, 0.717) is 5.69 Å².